The first-order valence-corrected chi connectivity index (χ1v) is 12.4. The Morgan fingerprint density at radius 2 is 1.35 bits per heavy atom. The Labute approximate surface area is 155 Å². The Kier molecular flexibility index (Phi) is 3.67. The van der Waals surface area contributed by atoms with Gasteiger partial charge in [0.25, 0.3) is 0 Å². The maximum absolute atomic E-state index is 13.2. The van der Waals surface area contributed by atoms with E-state index in [-0.39, 0.29) is 11.5 Å². The molecule has 0 spiro atoms. The van der Waals surface area contributed by atoms with Crippen LogP contribution in [0.4, 0.5) is 0 Å². The molecule has 0 amide bonds. The van der Waals surface area contributed by atoms with Crippen LogP contribution in [0.2, 0.25) is 19.6 Å². The minimum Gasteiger partial charge on any atom is -0.507 e. The van der Waals surface area contributed by atoms with Crippen molar-refractivity contribution < 1.29 is 9.90 Å². The molecule has 0 bridgehead atoms. The van der Waals surface area contributed by atoms with Crippen molar-refractivity contribution >= 4 is 19.0 Å². The number of carbonyl (C=O) groups excluding carboxylic acids is 1. The van der Waals surface area contributed by atoms with E-state index in [1.165, 1.54) is 5.19 Å². The van der Waals surface area contributed by atoms with E-state index in [4.69, 9.17) is 0 Å². The number of hydrogen-bond acceptors (Lipinski definition) is 2. The van der Waals surface area contributed by atoms with Crippen LogP contribution in [0.5, 0.6) is 5.75 Å². The molecule has 0 fully saturated rings. The highest BCUT2D eigenvalue weighted by atomic mass is 28.3. The molecule has 1 N–H and O–H groups in total. The van der Waals surface area contributed by atoms with Gasteiger partial charge in [-0.2, -0.15) is 0 Å². The fourth-order valence-electron chi connectivity index (χ4n) is 4.20. The topological polar surface area (TPSA) is 37.3 Å². The molecule has 0 radical (unpaired) electrons. The molecule has 3 heteroatoms. The number of para-hydroxylation sites is 1. The van der Waals surface area contributed by atoms with Crippen molar-refractivity contribution in [2.75, 3.05) is 0 Å². The average molecular weight is 359 g/mol. The molecule has 26 heavy (non-hydrogen) atoms. The summed E-state index contributed by atoms with van der Waals surface area (Å²) in [5.41, 5.74) is 6.63. The number of ketones is 1. The van der Waals surface area contributed by atoms with Crippen molar-refractivity contribution in [1.82, 2.24) is 0 Å². The smallest absolute Gasteiger partial charge is 0.194 e. The standard InChI is InChI=1S/C23H22O2Si/c1-14-18(16-10-7-8-12-20(16)24)13-19-15-9-5-6-11-17(15)22(25)21(19)23(14)26(2,3)4/h5-13,24H,1-4H3. The van der Waals surface area contributed by atoms with Gasteiger partial charge in [0, 0.05) is 16.7 Å². The number of carbonyl (C=O) groups is 1. The van der Waals surface area contributed by atoms with Crippen LogP contribution < -0.4 is 5.19 Å². The number of benzene rings is 3. The number of phenols is 1. The lowest BCUT2D eigenvalue weighted by Gasteiger charge is -2.25. The van der Waals surface area contributed by atoms with Crippen LogP contribution in [0.15, 0.2) is 54.6 Å². The molecule has 0 saturated carbocycles. The third-order valence-corrected chi connectivity index (χ3v) is 7.35. The van der Waals surface area contributed by atoms with Crippen LogP contribution in [-0.4, -0.2) is 19.0 Å². The first kappa shape index (κ1) is 16.8. The molecule has 1 aliphatic carbocycles. The van der Waals surface area contributed by atoms with Gasteiger partial charge in [0.2, 0.25) is 0 Å². The van der Waals surface area contributed by atoms with Crippen LogP contribution in [0.3, 0.4) is 0 Å². The van der Waals surface area contributed by atoms with Crippen molar-refractivity contribution in [3.05, 3.63) is 71.3 Å². The summed E-state index contributed by atoms with van der Waals surface area (Å²) in [6.45, 7) is 8.92. The highest BCUT2D eigenvalue weighted by molar-refractivity contribution is 6.90. The van der Waals surface area contributed by atoms with E-state index >= 15 is 0 Å². The molecule has 0 aliphatic heterocycles. The zero-order valence-corrected chi connectivity index (χ0v) is 16.6. The summed E-state index contributed by atoms with van der Waals surface area (Å²) in [6, 6.07) is 17.4. The summed E-state index contributed by atoms with van der Waals surface area (Å²) in [6.07, 6.45) is 0. The van der Waals surface area contributed by atoms with E-state index in [0.717, 1.165) is 38.9 Å². The van der Waals surface area contributed by atoms with Gasteiger partial charge in [0.1, 0.15) is 5.75 Å². The van der Waals surface area contributed by atoms with Gasteiger partial charge in [-0.1, -0.05) is 62.1 Å². The molecule has 2 nitrogen and oxygen atoms in total. The molecule has 1 aliphatic rings. The second-order valence-corrected chi connectivity index (χ2v) is 13.0. The fourth-order valence-corrected chi connectivity index (χ4v) is 6.46. The molecular weight excluding hydrogens is 336 g/mol. The van der Waals surface area contributed by atoms with Gasteiger partial charge in [-0.05, 0) is 46.5 Å². The van der Waals surface area contributed by atoms with Crippen LogP contribution in [-0.2, 0) is 0 Å². The third kappa shape index (κ3) is 2.35. The molecule has 0 unspecified atom stereocenters. The number of rotatable bonds is 2. The Morgan fingerprint density at radius 3 is 1.96 bits per heavy atom. The minimum absolute atomic E-state index is 0.139. The molecule has 0 atom stereocenters. The average Bonchev–Trinajstić information content (AvgIpc) is 2.87. The van der Waals surface area contributed by atoms with E-state index in [0.29, 0.717) is 0 Å². The van der Waals surface area contributed by atoms with E-state index in [9.17, 15) is 9.90 Å². The number of aromatic hydroxyl groups is 1. The minimum atomic E-state index is -1.80. The van der Waals surface area contributed by atoms with E-state index in [1.54, 1.807) is 6.07 Å². The highest BCUT2D eigenvalue weighted by Crippen LogP contribution is 2.41. The second-order valence-electron chi connectivity index (χ2n) is 7.99. The fraction of sp³-hybridized carbons (Fsp3) is 0.174. The summed E-state index contributed by atoms with van der Waals surface area (Å²) in [4.78, 5) is 13.2. The Morgan fingerprint density at radius 1 is 0.769 bits per heavy atom. The van der Waals surface area contributed by atoms with Crippen molar-refractivity contribution in [2.45, 2.75) is 26.6 Å². The molecule has 0 aromatic heterocycles. The first-order valence-electron chi connectivity index (χ1n) is 8.91. The lowest BCUT2D eigenvalue weighted by molar-refractivity contribution is 0.104. The summed E-state index contributed by atoms with van der Waals surface area (Å²) < 4.78 is 0. The van der Waals surface area contributed by atoms with E-state index < -0.39 is 8.07 Å². The highest BCUT2D eigenvalue weighted by Gasteiger charge is 2.35. The van der Waals surface area contributed by atoms with Gasteiger partial charge in [0.15, 0.2) is 5.78 Å². The summed E-state index contributed by atoms with van der Waals surface area (Å²) in [5.74, 6) is 0.412. The van der Waals surface area contributed by atoms with Gasteiger partial charge >= 0.3 is 0 Å². The van der Waals surface area contributed by atoms with Gasteiger partial charge in [-0.25, -0.2) is 0 Å². The maximum Gasteiger partial charge on any atom is 0.194 e. The Balaban J connectivity index is 2.14. The number of fused-ring (bicyclic) bond motifs is 3. The maximum atomic E-state index is 13.2. The Hall–Kier alpha value is -2.65. The quantitative estimate of drug-likeness (QED) is 0.505. The number of phenolic OH excluding ortho intramolecular Hbond substituents is 1. The molecule has 3 aromatic rings. The summed E-state index contributed by atoms with van der Waals surface area (Å²) >= 11 is 0. The normalized spacial score (nSPS) is 12.8. The molecule has 0 heterocycles. The van der Waals surface area contributed by atoms with Crippen LogP contribution >= 0.6 is 0 Å². The first-order chi connectivity index (χ1) is 12.3. The molecular formula is C23H22O2Si. The molecule has 0 saturated heterocycles. The monoisotopic (exact) mass is 358 g/mol. The van der Waals surface area contributed by atoms with Crippen molar-refractivity contribution in [3.8, 4) is 28.0 Å². The van der Waals surface area contributed by atoms with Crippen LogP contribution in [0.25, 0.3) is 22.3 Å². The van der Waals surface area contributed by atoms with Gasteiger partial charge < -0.3 is 5.11 Å². The lowest BCUT2D eigenvalue weighted by atomic mass is 9.93. The molecule has 130 valence electrons. The van der Waals surface area contributed by atoms with Crippen molar-refractivity contribution in [3.63, 3.8) is 0 Å². The van der Waals surface area contributed by atoms with Crippen LogP contribution in [0, 0.1) is 6.92 Å². The lowest BCUT2D eigenvalue weighted by Crippen LogP contribution is -2.43. The largest absolute Gasteiger partial charge is 0.507 e. The Bertz CT molecular complexity index is 1060. The zero-order valence-electron chi connectivity index (χ0n) is 15.6. The summed E-state index contributed by atoms with van der Waals surface area (Å²) in [7, 11) is -1.80. The van der Waals surface area contributed by atoms with Crippen molar-refractivity contribution in [1.29, 1.82) is 0 Å². The zero-order chi connectivity index (χ0) is 18.6. The van der Waals surface area contributed by atoms with Gasteiger partial charge in [-0.3, -0.25) is 4.79 Å². The summed E-state index contributed by atoms with van der Waals surface area (Å²) in [5, 5.41) is 11.6. The molecule has 3 aromatic carbocycles. The number of hydrogen-bond donors (Lipinski definition) is 1. The van der Waals surface area contributed by atoms with E-state index in [2.05, 4.69) is 32.6 Å². The van der Waals surface area contributed by atoms with Crippen molar-refractivity contribution in [2.24, 2.45) is 0 Å². The van der Waals surface area contributed by atoms with Gasteiger partial charge in [0.05, 0.1) is 8.07 Å². The van der Waals surface area contributed by atoms with Crippen LogP contribution in [0.1, 0.15) is 21.5 Å². The third-order valence-electron chi connectivity index (χ3n) is 5.22. The predicted octanol–water partition coefficient (Wildman–Crippen LogP) is 5.12. The molecule has 4 rings (SSSR count). The van der Waals surface area contributed by atoms with Gasteiger partial charge in [-0.15, -0.1) is 0 Å². The second kappa shape index (κ2) is 5.68. The van der Waals surface area contributed by atoms with E-state index in [1.807, 2.05) is 42.5 Å². The predicted molar refractivity (Wildman–Crippen MR) is 110 cm³/mol. The SMILES string of the molecule is Cc1c(-c2ccccc2O)cc2c(c1[Si](C)(C)C)C(=O)c1ccccc1-2.